The zero-order chi connectivity index (χ0) is 13.6. The van der Waals surface area contributed by atoms with E-state index in [1.54, 1.807) is 4.81 Å². The normalized spacial score (nSPS) is 17.1. The smallest absolute Gasteiger partial charge is 0.0136 e. The Balaban J connectivity index is 2.30. The molecule has 0 saturated carbocycles. The molecular formula is C18H19Si. The van der Waals surface area contributed by atoms with Gasteiger partial charge in [-0.1, -0.05) is 43.4 Å². The zero-order valence-electron chi connectivity index (χ0n) is 12.1. The minimum Gasteiger partial charge on any atom is -0.0798 e. The molecule has 0 amide bonds. The minimum atomic E-state index is -0.434. The van der Waals surface area contributed by atoms with Gasteiger partial charge in [0.25, 0.3) is 0 Å². The standard InChI is InChI=1S/C18H19Si/c1-12-7-5-9-15(12)16-11-14-8-6-10-17(19(3)4)18(14)13(16)2/h5-8,10H,9H2,1-4H3. The molecule has 0 spiro atoms. The summed E-state index contributed by atoms with van der Waals surface area (Å²) in [5.74, 6) is 0. The monoisotopic (exact) mass is 263 g/mol. The molecule has 1 heteroatoms. The summed E-state index contributed by atoms with van der Waals surface area (Å²) in [5, 5.41) is 1.46. The molecular weight excluding hydrogens is 244 g/mol. The molecule has 3 rings (SSSR count). The Bertz CT molecular complexity index is 766. The highest BCUT2D eigenvalue weighted by Gasteiger charge is 2.18. The highest BCUT2D eigenvalue weighted by molar-refractivity contribution is 6.47. The molecule has 95 valence electrons. The maximum absolute atomic E-state index is 3.65. The maximum Gasteiger partial charge on any atom is 0.0136 e. The van der Waals surface area contributed by atoms with E-state index >= 15 is 0 Å². The van der Waals surface area contributed by atoms with Gasteiger partial charge in [0.1, 0.15) is 0 Å². The summed E-state index contributed by atoms with van der Waals surface area (Å²) in [6, 6.07) is 6.69. The van der Waals surface area contributed by atoms with E-state index in [1.807, 2.05) is 0 Å². The van der Waals surface area contributed by atoms with Gasteiger partial charge in [-0.15, -0.1) is 0 Å². The van der Waals surface area contributed by atoms with Crippen molar-refractivity contribution in [3.05, 3.63) is 68.7 Å². The molecule has 1 aromatic carbocycles. The van der Waals surface area contributed by atoms with Gasteiger partial charge in [-0.25, -0.2) is 0 Å². The van der Waals surface area contributed by atoms with E-state index in [2.05, 4.69) is 63.4 Å². The predicted octanol–water partition coefficient (Wildman–Crippen LogP) is 3.81. The molecule has 1 aromatic rings. The predicted molar refractivity (Wildman–Crippen MR) is 83.8 cm³/mol. The van der Waals surface area contributed by atoms with Crippen LogP contribution >= 0.6 is 0 Å². The first-order valence-electron chi connectivity index (χ1n) is 6.88. The van der Waals surface area contributed by atoms with Crippen LogP contribution in [-0.2, 0) is 0 Å². The first kappa shape index (κ1) is 12.6. The fraction of sp³-hybridized carbons (Fsp3) is 0.278. The lowest BCUT2D eigenvalue weighted by Gasteiger charge is -2.07. The summed E-state index contributed by atoms with van der Waals surface area (Å²) in [7, 11) is -0.434. The molecule has 0 atom stereocenters. The summed E-state index contributed by atoms with van der Waals surface area (Å²) < 4.78 is 0. The van der Waals surface area contributed by atoms with E-state index in [4.69, 9.17) is 0 Å². The van der Waals surface area contributed by atoms with Crippen LogP contribution in [0, 0.1) is 10.9 Å². The second-order valence-electron chi connectivity index (χ2n) is 5.62. The minimum absolute atomic E-state index is 0.434. The van der Waals surface area contributed by atoms with Crippen LogP contribution in [0.15, 0.2) is 47.1 Å². The van der Waals surface area contributed by atoms with Gasteiger partial charge in [-0.05, 0) is 64.2 Å². The van der Waals surface area contributed by atoms with Gasteiger partial charge in [-0.3, -0.25) is 0 Å². The molecule has 0 N–H and O–H groups in total. The molecule has 0 nitrogen and oxygen atoms in total. The Morgan fingerprint density at radius 3 is 2.58 bits per heavy atom. The molecule has 0 saturated heterocycles. The lowest BCUT2D eigenvalue weighted by Crippen LogP contribution is -2.12. The van der Waals surface area contributed by atoms with E-state index in [0.717, 1.165) is 6.42 Å². The number of rotatable bonds is 1. The molecule has 0 aliphatic heterocycles. The van der Waals surface area contributed by atoms with Crippen molar-refractivity contribution in [3.8, 4) is 0 Å². The van der Waals surface area contributed by atoms with Crippen molar-refractivity contribution in [1.29, 1.82) is 0 Å². The number of hydrogen-bond acceptors (Lipinski definition) is 0. The highest BCUT2D eigenvalue weighted by atomic mass is 28.2. The van der Waals surface area contributed by atoms with Crippen molar-refractivity contribution in [2.24, 2.45) is 0 Å². The quantitative estimate of drug-likeness (QED) is 0.676. The van der Waals surface area contributed by atoms with Crippen molar-refractivity contribution >= 4 is 14.0 Å². The van der Waals surface area contributed by atoms with Crippen LogP contribution < -0.4 is 5.22 Å². The van der Waals surface area contributed by atoms with Crippen LogP contribution in [-0.4, -0.2) is 8.41 Å². The van der Waals surface area contributed by atoms with Crippen LogP contribution in [0.2, 0.25) is 13.1 Å². The van der Waals surface area contributed by atoms with Gasteiger partial charge >= 0.3 is 0 Å². The number of hydrogen-bond donors (Lipinski definition) is 0. The molecule has 0 fully saturated rings. The fourth-order valence-corrected chi connectivity index (χ4v) is 4.30. The van der Waals surface area contributed by atoms with Crippen molar-refractivity contribution in [2.75, 3.05) is 0 Å². The lowest BCUT2D eigenvalue weighted by molar-refractivity contribution is 1.25. The highest BCUT2D eigenvalue weighted by Crippen LogP contribution is 2.32. The first-order chi connectivity index (χ1) is 9.09. The summed E-state index contributed by atoms with van der Waals surface area (Å²) in [4.78, 5) is 1.55. The second-order valence-corrected chi connectivity index (χ2v) is 8.16. The average molecular weight is 263 g/mol. The fourth-order valence-electron chi connectivity index (χ4n) is 3.05. The van der Waals surface area contributed by atoms with Crippen LogP contribution in [0.5, 0.6) is 0 Å². The zero-order valence-corrected chi connectivity index (χ0v) is 13.1. The van der Waals surface area contributed by atoms with Gasteiger partial charge in [-0.2, -0.15) is 0 Å². The van der Waals surface area contributed by atoms with Gasteiger partial charge in [0, 0.05) is 8.41 Å². The lowest BCUT2D eigenvalue weighted by atomic mass is 9.97. The summed E-state index contributed by atoms with van der Waals surface area (Å²) in [6.07, 6.45) is 9.20. The van der Waals surface area contributed by atoms with Gasteiger partial charge in [0.15, 0.2) is 0 Å². The molecule has 0 bridgehead atoms. The summed E-state index contributed by atoms with van der Waals surface area (Å²) >= 11 is 0. The summed E-state index contributed by atoms with van der Waals surface area (Å²) in [6.45, 7) is 9.21. The topological polar surface area (TPSA) is 0 Å². The summed E-state index contributed by atoms with van der Waals surface area (Å²) in [5.41, 5.74) is 6.92. The Kier molecular flexibility index (Phi) is 3.02. The Hall–Kier alpha value is -1.47. The number of fused-ring (bicyclic) bond motifs is 1. The molecule has 2 aliphatic carbocycles. The largest absolute Gasteiger partial charge is 0.0798 e. The maximum atomic E-state index is 3.65. The van der Waals surface area contributed by atoms with Crippen molar-refractivity contribution in [2.45, 2.75) is 33.4 Å². The van der Waals surface area contributed by atoms with Gasteiger partial charge in [0.2, 0.25) is 0 Å². The van der Waals surface area contributed by atoms with Crippen LogP contribution in [0.25, 0.3) is 5.57 Å². The Morgan fingerprint density at radius 2 is 1.95 bits per heavy atom. The van der Waals surface area contributed by atoms with E-state index in [-0.39, 0.29) is 0 Å². The van der Waals surface area contributed by atoms with E-state index in [9.17, 15) is 0 Å². The molecule has 0 unspecified atom stereocenters. The van der Waals surface area contributed by atoms with Gasteiger partial charge < -0.3 is 0 Å². The van der Waals surface area contributed by atoms with Crippen molar-refractivity contribution in [1.82, 2.24) is 0 Å². The van der Waals surface area contributed by atoms with Crippen LogP contribution in [0.1, 0.15) is 25.8 Å². The number of allylic oxidation sites excluding steroid dienone is 5. The van der Waals surface area contributed by atoms with Crippen molar-refractivity contribution in [3.63, 3.8) is 0 Å². The Morgan fingerprint density at radius 1 is 1.16 bits per heavy atom. The van der Waals surface area contributed by atoms with Crippen molar-refractivity contribution < 1.29 is 0 Å². The molecule has 19 heavy (non-hydrogen) atoms. The molecule has 0 heterocycles. The molecule has 0 aromatic heterocycles. The van der Waals surface area contributed by atoms with Crippen LogP contribution in [0.4, 0.5) is 0 Å². The van der Waals surface area contributed by atoms with Gasteiger partial charge in [0.05, 0.1) is 0 Å². The molecule has 2 aliphatic rings. The van der Waals surface area contributed by atoms with Crippen LogP contribution in [0.3, 0.4) is 0 Å². The average Bonchev–Trinajstić information content (AvgIpc) is 2.93. The number of benzene rings is 1. The SMILES string of the molecule is CC1=C(C2=[C]c3cccc(=[Si](C)C)c3=C2C)CC=C1. The molecule has 1 radical (unpaired) electrons. The Labute approximate surface area is 116 Å². The van der Waals surface area contributed by atoms with E-state index in [1.165, 1.54) is 33.1 Å². The van der Waals surface area contributed by atoms with E-state index < -0.39 is 8.41 Å². The third-order valence-corrected chi connectivity index (χ3v) is 5.57. The second kappa shape index (κ2) is 4.57. The third-order valence-electron chi connectivity index (χ3n) is 4.08. The third kappa shape index (κ3) is 1.93. The first-order valence-corrected chi connectivity index (χ1v) is 9.38. The van der Waals surface area contributed by atoms with E-state index in [0.29, 0.717) is 0 Å².